The molecule has 0 aliphatic rings. The molecule has 0 unspecified atom stereocenters. The molecule has 0 radical (unpaired) electrons. The second-order valence-corrected chi connectivity index (χ2v) is 4.06. The highest BCUT2D eigenvalue weighted by Crippen LogP contribution is 2.25. The normalized spacial score (nSPS) is 10.4. The number of nitrogen functional groups attached to an aromatic ring is 1. The maximum Gasteiger partial charge on any atom is 0.0346 e. The summed E-state index contributed by atoms with van der Waals surface area (Å²) in [6, 6.07) is 8.38. The molecule has 72 valence electrons. The van der Waals surface area contributed by atoms with Gasteiger partial charge in [0.15, 0.2) is 0 Å². The van der Waals surface area contributed by atoms with E-state index in [1.165, 1.54) is 16.7 Å². The molecule has 0 fully saturated rings. The van der Waals surface area contributed by atoms with Crippen molar-refractivity contribution in [3.63, 3.8) is 0 Å². The number of hydrogen-bond donors (Lipinski definition) is 1. The lowest BCUT2D eigenvalue weighted by molar-refractivity contribution is 1.15. The molecule has 0 aliphatic carbocycles. The van der Waals surface area contributed by atoms with Gasteiger partial charge in [0.1, 0.15) is 0 Å². The quantitative estimate of drug-likeness (QED) is 0.742. The molecule has 1 aromatic carbocycles. The van der Waals surface area contributed by atoms with E-state index in [4.69, 9.17) is 5.73 Å². The molecular formula is C12H13NS. The van der Waals surface area contributed by atoms with E-state index >= 15 is 0 Å². The molecule has 0 atom stereocenters. The van der Waals surface area contributed by atoms with E-state index in [0.717, 1.165) is 12.1 Å². The van der Waals surface area contributed by atoms with Gasteiger partial charge in [-0.15, -0.1) is 0 Å². The first kappa shape index (κ1) is 9.28. The van der Waals surface area contributed by atoms with Crippen LogP contribution in [0.4, 0.5) is 5.69 Å². The topological polar surface area (TPSA) is 26.0 Å². The number of rotatable bonds is 2. The van der Waals surface area contributed by atoms with E-state index in [9.17, 15) is 0 Å². The Morgan fingerprint density at radius 2 is 2.07 bits per heavy atom. The minimum atomic E-state index is 0.895. The fourth-order valence-electron chi connectivity index (χ4n) is 1.52. The SMILES string of the molecule is CCc1cc(-c2ccsc2)ccc1N. The van der Waals surface area contributed by atoms with Crippen LogP contribution in [-0.2, 0) is 6.42 Å². The van der Waals surface area contributed by atoms with Crippen molar-refractivity contribution in [2.75, 3.05) is 5.73 Å². The zero-order valence-corrected chi connectivity index (χ0v) is 8.97. The molecule has 2 rings (SSSR count). The zero-order chi connectivity index (χ0) is 9.97. The van der Waals surface area contributed by atoms with Crippen LogP contribution in [0.1, 0.15) is 12.5 Å². The second kappa shape index (κ2) is 3.84. The van der Waals surface area contributed by atoms with Crippen LogP contribution < -0.4 is 5.73 Å². The lowest BCUT2D eigenvalue weighted by Gasteiger charge is -2.05. The minimum absolute atomic E-state index is 0.895. The predicted octanol–water partition coefficient (Wildman–Crippen LogP) is 3.56. The molecule has 0 bridgehead atoms. The Labute approximate surface area is 88.2 Å². The summed E-state index contributed by atoms with van der Waals surface area (Å²) >= 11 is 1.72. The van der Waals surface area contributed by atoms with Crippen LogP contribution in [0.25, 0.3) is 11.1 Å². The maximum absolute atomic E-state index is 5.86. The summed E-state index contributed by atoms with van der Waals surface area (Å²) in [5, 5.41) is 4.25. The Morgan fingerprint density at radius 3 is 2.71 bits per heavy atom. The smallest absolute Gasteiger partial charge is 0.0346 e. The Morgan fingerprint density at radius 1 is 1.21 bits per heavy atom. The monoisotopic (exact) mass is 203 g/mol. The van der Waals surface area contributed by atoms with Crippen molar-refractivity contribution >= 4 is 17.0 Å². The van der Waals surface area contributed by atoms with E-state index in [-0.39, 0.29) is 0 Å². The summed E-state index contributed by atoms with van der Waals surface area (Å²) in [5.74, 6) is 0. The van der Waals surface area contributed by atoms with Gasteiger partial charge >= 0.3 is 0 Å². The first-order valence-electron chi connectivity index (χ1n) is 4.72. The third-order valence-corrected chi connectivity index (χ3v) is 3.06. The molecule has 0 saturated heterocycles. The molecule has 2 aromatic rings. The second-order valence-electron chi connectivity index (χ2n) is 3.28. The van der Waals surface area contributed by atoms with Crippen molar-refractivity contribution in [3.8, 4) is 11.1 Å². The number of thiophene rings is 1. The maximum atomic E-state index is 5.86. The van der Waals surface area contributed by atoms with Gasteiger partial charge in [-0.3, -0.25) is 0 Å². The van der Waals surface area contributed by atoms with Gasteiger partial charge in [0.25, 0.3) is 0 Å². The summed E-state index contributed by atoms with van der Waals surface area (Å²) in [6.45, 7) is 2.13. The largest absolute Gasteiger partial charge is 0.399 e. The molecule has 0 aliphatic heterocycles. The van der Waals surface area contributed by atoms with Gasteiger partial charge < -0.3 is 5.73 Å². The van der Waals surface area contributed by atoms with Crippen LogP contribution in [-0.4, -0.2) is 0 Å². The molecule has 2 heteroatoms. The Bertz CT molecular complexity index is 418. The van der Waals surface area contributed by atoms with Gasteiger partial charge in [-0.05, 0) is 52.1 Å². The van der Waals surface area contributed by atoms with Gasteiger partial charge in [0.2, 0.25) is 0 Å². The number of nitrogens with two attached hydrogens (primary N) is 1. The van der Waals surface area contributed by atoms with Crippen LogP contribution in [0.15, 0.2) is 35.0 Å². The Balaban J connectivity index is 2.46. The third-order valence-electron chi connectivity index (χ3n) is 2.38. The minimum Gasteiger partial charge on any atom is -0.399 e. The van der Waals surface area contributed by atoms with Crippen LogP contribution in [0.2, 0.25) is 0 Å². The number of aryl methyl sites for hydroxylation is 1. The molecule has 0 spiro atoms. The van der Waals surface area contributed by atoms with Gasteiger partial charge in [-0.2, -0.15) is 11.3 Å². The van der Waals surface area contributed by atoms with Crippen LogP contribution in [0.3, 0.4) is 0 Å². The molecule has 0 amide bonds. The zero-order valence-electron chi connectivity index (χ0n) is 8.16. The molecule has 0 saturated carbocycles. The number of benzene rings is 1. The Hall–Kier alpha value is -1.28. The van der Waals surface area contributed by atoms with Gasteiger partial charge in [0.05, 0.1) is 0 Å². The van der Waals surface area contributed by atoms with Crippen molar-refractivity contribution in [1.29, 1.82) is 0 Å². The number of anilines is 1. The lowest BCUT2D eigenvalue weighted by Crippen LogP contribution is -1.92. The van der Waals surface area contributed by atoms with Gasteiger partial charge in [-0.25, -0.2) is 0 Å². The van der Waals surface area contributed by atoms with E-state index in [2.05, 4.69) is 35.9 Å². The summed E-state index contributed by atoms with van der Waals surface area (Å²) in [7, 11) is 0. The highest BCUT2D eigenvalue weighted by molar-refractivity contribution is 7.08. The van der Waals surface area contributed by atoms with E-state index in [0.29, 0.717) is 0 Å². The van der Waals surface area contributed by atoms with Crippen molar-refractivity contribution in [3.05, 3.63) is 40.6 Å². The fraction of sp³-hybridized carbons (Fsp3) is 0.167. The summed E-state index contributed by atoms with van der Waals surface area (Å²) in [6.07, 6.45) is 0.990. The fourth-order valence-corrected chi connectivity index (χ4v) is 2.19. The molecule has 1 nitrogen and oxygen atoms in total. The van der Waals surface area contributed by atoms with Crippen LogP contribution >= 0.6 is 11.3 Å². The van der Waals surface area contributed by atoms with E-state index in [1.807, 2.05) is 6.07 Å². The predicted molar refractivity (Wildman–Crippen MR) is 63.5 cm³/mol. The Kier molecular flexibility index (Phi) is 2.55. The third kappa shape index (κ3) is 1.66. The van der Waals surface area contributed by atoms with Gasteiger partial charge in [-0.1, -0.05) is 13.0 Å². The first-order chi connectivity index (χ1) is 6.81. The highest BCUT2D eigenvalue weighted by Gasteiger charge is 2.01. The summed E-state index contributed by atoms with van der Waals surface area (Å²) in [4.78, 5) is 0. The molecule has 14 heavy (non-hydrogen) atoms. The number of hydrogen-bond acceptors (Lipinski definition) is 2. The average molecular weight is 203 g/mol. The van der Waals surface area contributed by atoms with Crippen LogP contribution in [0, 0.1) is 0 Å². The lowest BCUT2D eigenvalue weighted by atomic mass is 10.0. The highest BCUT2D eigenvalue weighted by atomic mass is 32.1. The van der Waals surface area contributed by atoms with Crippen molar-refractivity contribution in [2.24, 2.45) is 0 Å². The van der Waals surface area contributed by atoms with Crippen LogP contribution in [0.5, 0.6) is 0 Å². The average Bonchev–Trinajstić information content (AvgIpc) is 2.71. The van der Waals surface area contributed by atoms with Gasteiger partial charge in [0, 0.05) is 5.69 Å². The molecule has 2 N–H and O–H groups in total. The summed E-state index contributed by atoms with van der Waals surface area (Å²) in [5.41, 5.74) is 10.5. The standard InChI is InChI=1S/C12H13NS/c1-2-9-7-10(3-4-12(9)13)11-5-6-14-8-11/h3-8H,2,13H2,1H3. The van der Waals surface area contributed by atoms with E-state index in [1.54, 1.807) is 11.3 Å². The molecule has 1 heterocycles. The van der Waals surface area contributed by atoms with Crippen molar-refractivity contribution in [1.82, 2.24) is 0 Å². The van der Waals surface area contributed by atoms with E-state index < -0.39 is 0 Å². The van der Waals surface area contributed by atoms with Crippen molar-refractivity contribution in [2.45, 2.75) is 13.3 Å². The van der Waals surface area contributed by atoms with Crippen molar-refractivity contribution < 1.29 is 0 Å². The molecular weight excluding hydrogens is 190 g/mol. The first-order valence-corrected chi connectivity index (χ1v) is 5.66. The molecule has 1 aromatic heterocycles. The summed E-state index contributed by atoms with van der Waals surface area (Å²) < 4.78 is 0.